The summed E-state index contributed by atoms with van der Waals surface area (Å²) in [4.78, 5) is 35.9. The third-order valence-electron chi connectivity index (χ3n) is 3.52. The number of hydrogen-bond donors (Lipinski definition) is 2. The van der Waals surface area contributed by atoms with E-state index in [1.165, 1.54) is 24.3 Å². The lowest BCUT2D eigenvalue weighted by Gasteiger charge is -2.17. The minimum atomic E-state index is -1.26. The van der Waals surface area contributed by atoms with Crippen LogP contribution in [0.25, 0.3) is 0 Å². The van der Waals surface area contributed by atoms with Crippen molar-refractivity contribution in [1.29, 1.82) is 0 Å². The maximum Gasteiger partial charge on any atom is 0.329 e. The quantitative estimate of drug-likeness (QED) is 0.659. The number of carbonyl (C=O) groups excluding carboxylic acids is 3. The zero-order chi connectivity index (χ0) is 20.0. The number of amides is 2. The molecule has 9 heteroatoms. The highest BCUT2D eigenvalue weighted by molar-refractivity contribution is 6.36. The minimum Gasteiger partial charge on any atom is -0.459 e. The van der Waals surface area contributed by atoms with Gasteiger partial charge in [-0.1, -0.05) is 40.9 Å². The van der Waals surface area contributed by atoms with Gasteiger partial charge in [-0.15, -0.1) is 0 Å². The van der Waals surface area contributed by atoms with Crippen LogP contribution in [-0.4, -0.2) is 23.8 Å². The summed E-state index contributed by atoms with van der Waals surface area (Å²) in [6.45, 7) is -0.219. The highest BCUT2D eigenvalue weighted by atomic mass is 35.5. The molecule has 1 atom stereocenters. The Bertz CT molecular complexity index is 836. The third kappa shape index (κ3) is 6.13. The molecule has 0 aliphatic carbocycles. The van der Waals surface area contributed by atoms with Crippen LogP contribution in [0.1, 0.15) is 22.3 Å². The molecule has 0 unspecified atom stereocenters. The van der Waals surface area contributed by atoms with Gasteiger partial charge in [0.2, 0.25) is 5.91 Å². The van der Waals surface area contributed by atoms with Gasteiger partial charge in [0.15, 0.2) is 0 Å². The van der Waals surface area contributed by atoms with Crippen molar-refractivity contribution >= 4 is 52.6 Å². The molecule has 0 radical (unpaired) electrons. The Labute approximate surface area is 170 Å². The summed E-state index contributed by atoms with van der Waals surface area (Å²) in [6.07, 6.45) is -0.422. The minimum absolute atomic E-state index is 0.219. The summed E-state index contributed by atoms with van der Waals surface area (Å²) in [5.74, 6) is -2.19. The molecule has 0 aliphatic rings. The van der Waals surface area contributed by atoms with Crippen LogP contribution >= 0.6 is 34.8 Å². The maximum atomic E-state index is 12.3. The summed E-state index contributed by atoms with van der Waals surface area (Å²) in [7, 11) is 0. The summed E-state index contributed by atoms with van der Waals surface area (Å²) < 4.78 is 5.16. The molecule has 2 amide bonds. The number of carbonyl (C=O) groups is 3. The van der Waals surface area contributed by atoms with Gasteiger partial charge in [-0.05, 0) is 36.4 Å². The largest absolute Gasteiger partial charge is 0.459 e. The number of hydrogen-bond acceptors (Lipinski definition) is 4. The second-order valence-corrected chi connectivity index (χ2v) is 6.76. The van der Waals surface area contributed by atoms with Gasteiger partial charge in [0.05, 0.1) is 6.42 Å². The number of rotatable bonds is 7. The zero-order valence-corrected chi connectivity index (χ0v) is 16.1. The van der Waals surface area contributed by atoms with Crippen LogP contribution in [0.2, 0.25) is 15.1 Å². The second-order valence-electron chi connectivity index (χ2n) is 5.51. The molecular weight excluding hydrogens is 415 g/mol. The number of nitrogens with one attached hydrogen (secondary N) is 1. The van der Waals surface area contributed by atoms with Crippen LogP contribution in [0, 0.1) is 0 Å². The molecule has 2 aromatic rings. The normalized spacial score (nSPS) is 11.5. The third-order valence-corrected chi connectivity index (χ3v) is 4.48. The van der Waals surface area contributed by atoms with E-state index in [4.69, 9.17) is 45.3 Å². The van der Waals surface area contributed by atoms with Crippen molar-refractivity contribution in [2.75, 3.05) is 0 Å². The molecule has 0 aliphatic heterocycles. The van der Waals surface area contributed by atoms with Crippen LogP contribution in [0.4, 0.5) is 0 Å². The Hall–Kier alpha value is -2.28. The van der Waals surface area contributed by atoms with Crippen molar-refractivity contribution in [3.05, 3.63) is 68.7 Å². The molecule has 142 valence electrons. The van der Waals surface area contributed by atoms with E-state index >= 15 is 0 Å². The molecule has 6 nitrogen and oxygen atoms in total. The molecule has 0 saturated heterocycles. The fourth-order valence-electron chi connectivity index (χ4n) is 2.15. The molecule has 0 bridgehead atoms. The first-order valence-corrected chi connectivity index (χ1v) is 8.85. The van der Waals surface area contributed by atoms with Crippen molar-refractivity contribution in [2.24, 2.45) is 5.73 Å². The monoisotopic (exact) mass is 428 g/mol. The molecule has 27 heavy (non-hydrogen) atoms. The van der Waals surface area contributed by atoms with E-state index in [0.717, 1.165) is 0 Å². The first-order valence-electron chi connectivity index (χ1n) is 7.72. The molecule has 0 aromatic heterocycles. The van der Waals surface area contributed by atoms with Crippen molar-refractivity contribution in [3.63, 3.8) is 0 Å². The summed E-state index contributed by atoms with van der Waals surface area (Å²) in [5, 5.41) is 3.53. The standard InChI is InChI=1S/C18H15Cl3N2O4/c19-11-6-4-10(5-7-11)17(25)23-15(8-16(22)24)18(26)27-9-12-13(20)2-1-3-14(12)21/h1-7,15H,8-9H2,(H2,22,24)(H,23,25)/t15-/m1/s1. The van der Waals surface area contributed by atoms with E-state index in [2.05, 4.69) is 5.32 Å². The number of halogens is 3. The van der Waals surface area contributed by atoms with E-state index < -0.39 is 30.2 Å². The van der Waals surface area contributed by atoms with Gasteiger partial charge in [0.1, 0.15) is 12.6 Å². The van der Waals surface area contributed by atoms with Crippen LogP contribution in [0.3, 0.4) is 0 Å². The molecular formula is C18H15Cl3N2O4. The molecule has 0 spiro atoms. The Morgan fingerprint density at radius 3 is 2.15 bits per heavy atom. The molecule has 0 saturated carbocycles. The van der Waals surface area contributed by atoms with Gasteiger partial charge in [0, 0.05) is 26.2 Å². The summed E-state index contributed by atoms with van der Waals surface area (Å²) >= 11 is 17.8. The molecule has 2 rings (SSSR count). The smallest absolute Gasteiger partial charge is 0.329 e. The summed E-state index contributed by atoms with van der Waals surface area (Å²) in [6, 6.07) is 9.60. The molecule has 0 heterocycles. The SMILES string of the molecule is NC(=O)C[C@@H](NC(=O)c1ccc(Cl)cc1)C(=O)OCc1c(Cl)cccc1Cl. The zero-order valence-electron chi connectivity index (χ0n) is 13.9. The number of benzene rings is 2. The Morgan fingerprint density at radius 1 is 1.00 bits per heavy atom. The Balaban J connectivity index is 2.08. The topological polar surface area (TPSA) is 98.5 Å². The van der Waals surface area contributed by atoms with Gasteiger partial charge in [-0.25, -0.2) is 4.79 Å². The number of primary amides is 1. The van der Waals surface area contributed by atoms with Crippen LogP contribution in [0.5, 0.6) is 0 Å². The van der Waals surface area contributed by atoms with E-state index in [-0.39, 0.29) is 12.2 Å². The predicted molar refractivity (Wildman–Crippen MR) is 103 cm³/mol. The average Bonchev–Trinajstić information content (AvgIpc) is 2.60. The van der Waals surface area contributed by atoms with E-state index in [9.17, 15) is 14.4 Å². The average molecular weight is 430 g/mol. The van der Waals surface area contributed by atoms with E-state index in [1.54, 1.807) is 18.2 Å². The maximum absolute atomic E-state index is 12.3. The van der Waals surface area contributed by atoms with E-state index in [1.807, 2.05) is 0 Å². The molecule has 0 fully saturated rings. The number of nitrogens with two attached hydrogens (primary N) is 1. The van der Waals surface area contributed by atoms with Crippen LogP contribution in [-0.2, 0) is 20.9 Å². The Morgan fingerprint density at radius 2 is 1.59 bits per heavy atom. The number of ether oxygens (including phenoxy) is 1. The van der Waals surface area contributed by atoms with Crippen LogP contribution in [0.15, 0.2) is 42.5 Å². The Kier molecular flexibility index (Phi) is 7.47. The van der Waals surface area contributed by atoms with Gasteiger partial charge < -0.3 is 15.8 Å². The summed E-state index contributed by atoms with van der Waals surface area (Å²) in [5.41, 5.74) is 5.84. The van der Waals surface area contributed by atoms with Crippen molar-refractivity contribution in [2.45, 2.75) is 19.1 Å². The van der Waals surface area contributed by atoms with Crippen molar-refractivity contribution < 1.29 is 19.1 Å². The second kappa shape index (κ2) is 9.60. The number of esters is 1. The first kappa shape index (κ1) is 21.0. The highest BCUT2D eigenvalue weighted by Gasteiger charge is 2.25. The molecule has 2 aromatic carbocycles. The lowest BCUT2D eigenvalue weighted by Crippen LogP contribution is -2.44. The lowest BCUT2D eigenvalue weighted by atomic mass is 10.1. The van der Waals surface area contributed by atoms with Crippen molar-refractivity contribution in [1.82, 2.24) is 5.32 Å². The fourth-order valence-corrected chi connectivity index (χ4v) is 2.78. The van der Waals surface area contributed by atoms with Crippen LogP contribution < -0.4 is 11.1 Å². The van der Waals surface area contributed by atoms with Gasteiger partial charge >= 0.3 is 5.97 Å². The van der Waals surface area contributed by atoms with Gasteiger partial charge in [-0.2, -0.15) is 0 Å². The fraction of sp³-hybridized carbons (Fsp3) is 0.167. The van der Waals surface area contributed by atoms with Gasteiger partial charge in [-0.3, -0.25) is 9.59 Å². The van der Waals surface area contributed by atoms with E-state index in [0.29, 0.717) is 20.6 Å². The molecule has 3 N–H and O–H groups in total. The lowest BCUT2D eigenvalue weighted by molar-refractivity contribution is -0.148. The first-order chi connectivity index (χ1) is 12.8. The van der Waals surface area contributed by atoms with Crippen molar-refractivity contribution in [3.8, 4) is 0 Å². The highest BCUT2D eigenvalue weighted by Crippen LogP contribution is 2.25. The predicted octanol–water partition coefficient (Wildman–Crippen LogP) is 3.36. The van der Waals surface area contributed by atoms with Gasteiger partial charge in [0.25, 0.3) is 5.91 Å².